The molecule has 0 saturated carbocycles. The van der Waals surface area contributed by atoms with Gasteiger partial charge in [0, 0.05) is 0 Å². The van der Waals surface area contributed by atoms with E-state index in [1.165, 1.54) is 5.56 Å². The molecule has 0 saturated heterocycles. The summed E-state index contributed by atoms with van der Waals surface area (Å²) in [6.07, 6.45) is 0.950. The maximum Gasteiger partial charge on any atom is 0.114 e. The molecule has 1 unspecified atom stereocenters. The zero-order valence-electron chi connectivity index (χ0n) is 7.79. The average molecular weight is 178 g/mol. The van der Waals surface area contributed by atoms with Crippen molar-refractivity contribution in [1.29, 1.82) is 0 Å². The summed E-state index contributed by atoms with van der Waals surface area (Å²) < 4.78 is 5.59. The third-order valence-electron chi connectivity index (χ3n) is 2.68. The first-order valence-corrected chi connectivity index (χ1v) is 4.59. The second-order valence-electron chi connectivity index (χ2n) is 3.64. The van der Waals surface area contributed by atoms with Crippen LogP contribution in [-0.2, 0) is 16.8 Å². The second kappa shape index (κ2) is 3.13. The Balaban J connectivity index is 2.48. The first kappa shape index (κ1) is 8.73. The average Bonchev–Trinajstić information content (AvgIpc) is 2.19. The van der Waals surface area contributed by atoms with Crippen LogP contribution in [0.4, 0.5) is 0 Å². The summed E-state index contributed by atoms with van der Waals surface area (Å²) in [7, 11) is 0. The molecular formula is C11H14O2. The Hall–Kier alpha value is -0.860. The quantitative estimate of drug-likeness (QED) is 0.705. The van der Waals surface area contributed by atoms with Crippen LogP contribution in [-0.4, -0.2) is 18.3 Å². The smallest absolute Gasteiger partial charge is 0.114 e. The van der Waals surface area contributed by atoms with Gasteiger partial charge in [0.25, 0.3) is 0 Å². The third-order valence-corrected chi connectivity index (χ3v) is 2.68. The number of fused-ring (bicyclic) bond motifs is 1. The zero-order chi connectivity index (χ0) is 9.31. The van der Waals surface area contributed by atoms with E-state index in [4.69, 9.17) is 4.74 Å². The second-order valence-corrected chi connectivity index (χ2v) is 3.64. The van der Waals surface area contributed by atoms with Crippen molar-refractivity contribution in [3.05, 3.63) is 35.4 Å². The zero-order valence-corrected chi connectivity index (χ0v) is 7.79. The van der Waals surface area contributed by atoms with Crippen molar-refractivity contribution in [2.45, 2.75) is 18.9 Å². The molecule has 1 atom stereocenters. The molecule has 1 N–H and O–H groups in total. The highest BCUT2D eigenvalue weighted by atomic mass is 16.5. The molecule has 1 aromatic carbocycles. The summed E-state index contributed by atoms with van der Waals surface area (Å²) in [5, 5.41) is 9.27. The molecular weight excluding hydrogens is 164 g/mol. The lowest BCUT2D eigenvalue weighted by molar-refractivity contribution is -0.0802. The van der Waals surface area contributed by atoms with E-state index in [-0.39, 0.29) is 6.61 Å². The van der Waals surface area contributed by atoms with E-state index >= 15 is 0 Å². The van der Waals surface area contributed by atoms with Crippen molar-refractivity contribution in [2.24, 2.45) is 0 Å². The Morgan fingerprint density at radius 2 is 2.23 bits per heavy atom. The predicted octanol–water partition coefficient (Wildman–Crippen LogP) is 1.47. The molecule has 1 aromatic rings. The molecule has 1 aliphatic rings. The molecule has 0 aromatic heterocycles. The van der Waals surface area contributed by atoms with Gasteiger partial charge in [0.05, 0.1) is 13.2 Å². The van der Waals surface area contributed by atoms with Gasteiger partial charge in [-0.05, 0) is 24.5 Å². The standard InChI is InChI=1S/C11H14O2/c1-11(8-12)10-5-3-2-4-9(10)6-7-13-11/h2-5,12H,6-8H2,1H3. The molecule has 2 heteroatoms. The summed E-state index contributed by atoms with van der Waals surface area (Å²) in [4.78, 5) is 0. The summed E-state index contributed by atoms with van der Waals surface area (Å²) in [5.41, 5.74) is 1.93. The highest BCUT2D eigenvalue weighted by molar-refractivity contribution is 5.33. The summed E-state index contributed by atoms with van der Waals surface area (Å²) in [6, 6.07) is 8.15. The van der Waals surface area contributed by atoms with Gasteiger partial charge in [-0.1, -0.05) is 24.3 Å². The van der Waals surface area contributed by atoms with E-state index in [9.17, 15) is 5.11 Å². The van der Waals surface area contributed by atoms with Crippen LogP contribution in [0.5, 0.6) is 0 Å². The van der Waals surface area contributed by atoms with Gasteiger partial charge in [-0.2, -0.15) is 0 Å². The minimum Gasteiger partial charge on any atom is -0.393 e. The van der Waals surface area contributed by atoms with Crippen LogP contribution in [0.25, 0.3) is 0 Å². The molecule has 0 bridgehead atoms. The Morgan fingerprint density at radius 3 is 3.00 bits per heavy atom. The Bertz CT molecular complexity index is 309. The molecule has 70 valence electrons. The number of aliphatic hydroxyl groups excluding tert-OH is 1. The van der Waals surface area contributed by atoms with Crippen LogP contribution in [0, 0.1) is 0 Å². The molecule has 0 fully saturated rings. The van der Waals surface area contributed by atoms with Gasteiger partial charge in [-0.25, -0.2) is 0 Å². The fourth-order valence-corrected chi connectivity index (χ4v) is 1.85. The monoisotopic (exact) mass is 178 g/mol. The van der Waals surface area contributed by atoms with Crippen molar-refractivity contribution >= 4 is 0 Å². The Labute approximate surface area is 78.2 Å². The van der Waals surface area contributed by atoms with Gasteiger partial charge < -0.3 is 9.84 Å². The summed E-state index contributed by atoms with van der Waals surface area (Å²) in [6.45, 7) is 2.68. The van der Waals surface area contributed by atoms with Crippen LogP contribution in [0.3, 0.4) is 0 Å². The van der Waals surface area contributed by atoms with Crippen LogP contribution in [0.15, 0.2) is 24.3 Å². The van der Waals surface area contributed by atoms with Crippen molar-refractivity contribution < 1.29 is 9.84 Å². The van der Waals surface area contributed by atoms with E-state index in [1.54, 1.807) is 0 Å². The maximum atomic E-state index is 9.27. The number of hydrogen-bond acceptors (Lipinski definition) is 2. The first-order valence-electron chi connectivity index (χ1n) is 4.59. The number of aliphatic hydroxyl groups is 1. The first-order chi connectivity index (χ1) is 6.26. The molecule has 2 nitrogen and oxygen atoms in total. The lowest BCUT2D eigenvalue weighted by atomic mass is 9.88. The van der Waals surface area contributed by atoms with Crippen LogP contribution < -0.4 is 0 Å². The summed E-state index contributed by atoms with van der Waals surface area (Å²) >= 11 is 0. The fraction of sp³-hybridized carbons (Fsp3) is 0.455. The van der Waals surface area contributed by atoms with E-state index in [0.29, 0.717) is 6.61 Å². The van der Waals surface area contributed by atoms with Gasteiger partial charge in [0.2, 0.25) is 0 Å². The summed E-state index contributed by atoms with van der Waals surface area (Å²) in [5.74, 6) is 0. The van der Waals surface area contributed by atoms with Gasteiger partial charge in [0.15, 0.2) is 0 Å². The number of benzene rings is 1. The van der Waals surface area contributed by atoms with Gasteiger partial charge in [-0.3, -0.25) is 0 Å². The van der Waals surface area contributed by atoms with E-state index < -0.39 is 5.60 Å². The van der Waals surface area contributed by atoms with Crippen molar-refractivity contribution in [3.8, 4) is 0 Å². The molecule has 0 spiro atoms. The van der Waals surface area contributed by atoms with Crippen LogP contribution in [0.1, 0.15) is 18.1 Å². The number of rotatable bonds is 1. The maximum absolute atomic E-state index is 9.27. The molecule has 13 heavy (non-hydrogen) atoms. The largest absolute Gasteiger partial charge is 0.393 e. The Kier molecular flexibility index (Phi) is 2.10. The Morgan fingerprint density at radius 1 is 1.46 bits per heavy atom. The fourth-order valence-electron chi connectivity index (χ4n) is 1.85. The minimum absolute atomic E-state index is 0.0456. The van der Waals surface area contributed by atoms with E-state index in [1.807, 2.05) is 25.1 Å². The van der Waals surface area contributed by atoms with Crippen LogP contribution >= 0.6 is 0 Å². The topological polar surface area (TPSA) is 29.5 Å². The highest BCUT2D eigenvalue weighted by Gasteiger charge is 2.31. The number of hydrogen-bond donors (Lipinski definition) is 1. The highest BCUT2D eigenvalue weighted by Crippen LogP contribution is 2.31. The predicted molar refractivity (Wildman–Crippen MR) is 50.5 cm³/mol. The van der Waals surface area contributed by atoms with Crippen LogP contribution in [0.2, 0.25) is 0 Å². The van der Waals surface area contributed by atoms with Crippen molar-refractivity contribution in [3.63, 3.8) is 0 Å². The molecule has 0 amide bonds. The minimum atomic E-state index is -0.491. The molecule has 1 aliphatic heterocycles. The lowest BCUT2D eigenvalue weighted by Crippen LogP contribution is -2.35. The van der Waals surface area contributed by atoms with Gasteiger partial charge >= 0.3 is 0 Å². The third kappa shape index (κ3) is 1.36. The van der Waals surface area contributed by atoms with E-state index in [0.717, 1.165) is 12.0 Å². The molecule has 0 aliphatic carbocycles. The van der Waals surface area contributed by atoms with Crippen molar-refractivity contribution in [1.82, 2.24) is 0 Å². The molecule has 1 heterocycles. The van der Waals surface area contributed by atoms with Gasteiger partial charge in [0.1, 0.15) is 5.60 Å². The van der Waals surface area contributed by atoms with E-state index in [2.05, 4.69) is 6.07 Å². The SMILES string of the molecule is CC1(CO)OCCc2ccccc21. The molecule has 0 radical (unpaired) electrons. The number of ether oxygens (including phenoxy) is 1. The van der Waals surface area contributed by atoms with Crippen molar-refractivity contribution in [2.75, 3.05) is 13.2 Å². The molecule has 2 rings (SSSR count). The lowest BCUT2D eigenvalue weighted by Gasteiger charge is -2.34. The van der Waals surface area contributed by atoms with Gasteiger partial charge in [-0.15, -0.1) is 0 Å². The normalized spacial score (nSPS) is 26.9.